The van der Waals surface area contributed by atoms with Crippen LogP contribution in [0.15, 0.2) is 42.7 Å². The summed E-state index contributed by atoms with van der Waals surface area (Å²) in [6.45, 7) is 8.77. The minimum absolute atomic E-state index is 0.110. The van der Waals surface area contributed by atoms with Crippen molar-refractivity contribution in [1.82, 2.24) is 14.9 Å². The first kappa shape index (κ1) is 25.0. The molecule has 0 spiro atoms. The van der Waals surface area contributed by atoms with E-state index in [0.717, 1.165) is 60.8 Å². The molecule has 6 nitrogen and oxygen atoms in total. The van der Waals surface area contributed by atoms with Gasteiger partial charge in [0.25, 0.3) is 0 Å². The van der Waals surface area contributed by atoms with Crippen molar-refractivity contribution in [3.05, 3.63) is 48.5 Å². The summed E-state index contributed by atoms with van der Waals surface area (Å²) in [6.07, 6.45) is 7.75. The van der Waals surface area contributed by atoms with Crippen molar-refractivity contribution in [2.45, 2.75) is 53.4 Å². The van der Waals surface area contributed by atoms with Gasteiger partial charge < -0.3 is 14.7 Å². The molecular weight excluding hydrogens is 407 g/mol. The summed E-state index contributed by atoms with van der Waals surface area (Å²) >= 11 is 0. The third kappa shape index (κ3) is 7.48. The summed E-state index contributed by atoms with van der Waals surface area (Å²) in [5.74, 6) is 0.420. The van der Waals surface area contributed by atoms with Gasteiger partial charge in [-0.3, -0.25) is 5.32 Å². The minimum Gasteiger partial charge on any atom is -0.360 e. The molecule has 172 valence electrons. The summed E-state index contributed by atoms with van der Waals surface area (Å²) in [6, 6.07) is 8.28. The quantitative estimate of drug-likeness (QED) is 0.398. The number of aromatic amines is 1. The third-order valence-corrected chi connectivity index (χ3v) is 4.77. The van der Waals surface area contributed by atoms with E-state index in [1.807, 2.05) is 17.2 Å². The Morgan fingerprint density at radius 2 is 1.81 bits per heavy atom. The smallest absolute Gasteiger partial charge is 0.323 e. The van der Waals surface area contributed by atoms with Crippen LogP contribution in [-0.4, -0.2) is 39.8 Å². The van der Waals surface area contributed by atoms with Crippen LogP contribution in [0.25, 0.3) is 22.0 Å². The molecule has 0 aliphatic rings. The first-order valence-corrected chi connectivity index (χ1v) is 11.1. The number of anilines is 1. The number of nitrogens with zero attached hydrogens (tertiary/aromatic N) is 2. The number of hydrogen-bond donors (Lipinski definition) is 2. The molecule has 0 saturated carbocycles. The second-order valence-electron chi connectivity index (χ2n) is 7.86. The highest BCUT2D eigenvalue weighted by Gasteiger charge is 2.13. The molecule has 32 heavy (non-hydrogen) atoms. The molecule has 0 unspecified atom stereocenters. The van der Waals surface area contributed by atoms with Gasteiger partial charge in [0, 0.05) is 47.5 Å². The van der Waals surface area contributed by atoms with Gasteiger partial charge in [0.1, 0.15) is 17.4 Å². The molecule has 1 aromatic carbocycles. The Morgan fingerprint density at radius 3 is 2.44 bits per heavy atom. The van der Waals surface area contributed by atoms with E-state index in [1.54, 1.807) is 18.3 Å². The highest BCUT2D eigenvalue weighted by atomic mass is 19.1. The number of fused-ring (bicyclic) bond motifs is 1. The lowest BCUT2D eigenvalue weighted by atomic mass is 10.1. The average Bonchev–Trinajstić information content (AvgIpc) is 3.16. The molecule has 2 amide bonds. The summed E-state index contributed by atoms with van der Waals surface area (Å²) in [5.41, 5.74) is 2.60. The first-order chi connectivity index (χ1) is 15.3. The van der Waals surface area contributed by atoms with Crippen LogP contribution in [0.1, 0.15) is 53.4 Å². The molecule has 0 saturated heterocycles. The maximum Gasteiger partial charge on any atom is 0.323 e. The molecule has 3 aromatic rings. The molecule has 0 atom stereocenters. The molecule has 0 aliphatic heterocycles. The lowest BCUT2D eigenvalue weighted by molar-refractivity contribution is -0.115. The number of aromatic nitrogens is 2. The number of unbranched alkanes of at least 4 members (excludes halogenated alkanes) is 2. The van der Waals surface area contributed by atoms with Gasteiger partial charge in [-0.15, -0.1) is 0 Å². The number of benzene rings is 1. The Labute approximate surface area is 189 Å². The van der Waals surface area contributed by atoms with Gasteiger partial charge in [-0.1, -0.05) is 26.7 Å². The number of nitrogens with one attached hydrogen (secondary N) is 2. The van der Waals surface area contributed by atoms with Crippen LogP contribution in [-0.2, 0) is 4.79 Å². The van der Waals surface area contributed by atoms with E-state index in [2.05, 4.69) is 29.1 Å². The molecule has 7 heteroatoms. The maximum absolute atomic E-state index is 13.4. The highest BCUT2D eigenvalue weighted by molar-refractivity contribution is 5.95. The third-order valence-electron chi connectivity index (χ3n) is 4.77. The molecule has 2 heterocycles. The van der Waals surface area contributed by atoms with Crippen molar-refractivity contribution < 1.29 is 14.0 Å². The van der Waals surface area contributed by atoms with E-state index in [0.29, 0.717) is 5.82 Å². The van der Waals surface area contributed by atoms with E-state index in [9.17, 15) is 14.0 Å². The lowest BCUT2D eigenvalue weighted by Gasteiger charge is -2.22. The fraction of sp³-hybridized carbons (Fsp3) is 0.400. The van der Waals surface area contributed by atoms with Gasteiger partial charge in [-0.2, -0.15) is 0 Å². The molecule has 0 fully saturated rings. The van der Waals surface area contributed by atoms with Gasteiger partial charge in [-0.05, 0) is 57.0 Å². The number of carbonyl (C=O) groups is 2. The van der Waals surface area contributed by atoms with Gasteiger partial charge in [0.2, 0.25) is 0 Å². The number of ketones is 1. The van der Waals surface area contributed by atoms with Crippen molar-refractivity contribution in [3.8, 4) is 11.1 Å². The van der Waals surface area contributed by atoms with Crippen LogP contribution in [0.5, 0.6) is 0 Å². The molecular formula is C25H33FN4O2. The normalized spacial score (nSPS) is 10.4. The second kappa shape index (κ2) is 12.6. The number of halogens is 1. The molecule has 0 radical (unpaired) electrons. The Bertz CT molecular complexity index is 1010. The second-order valence-corrected chi connectivity index (χ2v) is 7.86. The summed E-state index contributed by atoms with van der Waals surface area (Å²) in [5, 5.41) is 3.82. The Kier molecular flexibility index (Phi) is 9.85. The zero-order chi connectivity index (χ0) is 23.5. The van der Waals surface area contributed by atoms with E-state index >= 15 is 0 Å². The zero-order valence-electron chi connectivity index (χ0n) is 19.4. The maximum atomic E-state index is 13.4. The number of urea groups is 1. The van der Waals surface area contributed by atoms with Crippen LogP contribution in [0.4, 0.5) is 15.0 Å². The lowest BCUT2D eigenvalue weighted by Crippen LogP contribution is -2.36. The van der Waals surface area contributed by atoms with Gasteiger partial charge >= 0.3 is 6.03 Å². The number of rotatable bonds is 8. The fourth-order valence-electron chi connectivity index (χ4n) is 3.29. The minimum atomic E-state index is -0.271. The van der Waals surface area contributed by atoms with E-state index < -0.39 is 0 Å². The van der Waals surface area contributed by atoms with Crippen LogP contribution >= 0.6 is 0 Å². The summed E-state index contributed by atoms with van der Waals surface area (Å²) < 4.78 is 13.4. The number of Topliss-reactive ketones (excluding diaryl/α,β-unsaturated/α-hetero) is 1. The van der Waals surface area contributed by atoms with Crippen LogP contribution in [0.3, 0.4) is 0 Å². The first-order valence-electron chi connectivity index (χ1n) is 11.1. The number of amides is 2. The number of carbonyl (C=O) groups excluding carboxylic acids is 2. The predicted molar refractivity (Wildman–Crippen MR) is 128 cm³/mol. The summed E-state index contributed by atoms with van der Waals surface area (Å²) in [4.78, 5) is 31.3. The van der Waals surface area contributed by atoms with E-state index in [4.69, 9.17) is 0 Å². The largest absolute Gasteiger partial charge is 0.360 e. The van der Waals surface area contributed by atoms with Crippen molar-refractivity contribution in [2.75, 3.05) is 18.4 Å². The van der Waals surface area contributed by atoms with Crippen molar-refractivity contribution >= 4 is 28.5 Å². The number of pyridine rings is 1. The topological polar surface area (TPSA) is 78.1 Å². The predicted octanol–water partition coefficient (Wildman–Crippen LogP) is 6.40. The standard InChI is InChI=1S/C22H27FN4O.C3H6O/c1-3-5-6-12-27(11-4-2)22(28)26-21-10-7-16(14-25-21)19-15-24-20-13-17(23)8-9-18(19)20;1-3(2)4/h7-10,13-15,24H,3-6,11-12H2,1-2H3,(H,25,26,28);1-2H3. The van der Waals surface area contributed by atoms with Gasteiger partial charge in [-0.25, -0.2) is 14.2 Å². The molecule has 2 aromatic heterocycles. The Balaban J connectivity index is 0.000000837. The fourth-order valence-corrected chi connectivity index (χ4v) is 3.29. The van der Waals surface area contributed by atoms with Gasteiger partial charge in [0.15, 0.2) is 0 Å². The van der Waals surface area contributed by atoms with Crippen LogP contribution in [0, 0.1) is 5.82 Å². The average molecular weight is 441 g/mol. The van der Waals surface area contributed by atoms with Crippen molar-refractivity contribution in [1.29, 1.82) is 0 Å². The molecule has 0 aliphatic carbocycles. The van der Waals surface area contributed by atoms with Crippen LogP contribution < -0.4 is 5.32 Å². The SMILES string of the molecule is CC(C)=O.CCCCCN(CCC)C(=O)Nc1ccc(-c2c[nH]c3cc(F)ccc23)cn1. The zero-order valence-corrected chi connectivity index (χ0v) is 19.4. The number of hydrogen-bond acceptors (Lipinski definition) is 3. The monoisotopic (exact) mass is 440 g/mol. The number of H-pyrrole nitrogens is 1. The van der Waals surface area contributed by atoms with E-state index in [1.165, 1.54) is 26.0 Å². The summed E-state index contributed by atoms with van der Waals surface area (Å²) in [7, 11) is 0. The Hall–Kier alpha value is -3.22. The molecule has 2 N–H and O–H groups in total. The van der Waals surface area contributed by atoms with E-state index in [-0.39, 0.29) is 17.6 Å². The van der Waals surface area contributed by atoms with Crippen LogP contribution in [0.2, 0.25) is 0 Å². The highest BCUT2D eigenvalue weighted by Crippen LogP contribution is 2.29. The van der Waals surface area contributed by atoms with Crippen molar-refractivity contribution in [2.24, 2.45) is 0 Å². The van der Waals surface area contributed by atoms with Gasteiger partial charge in [0.05, 0.1) is 0 Å². The van der Waals surface area contributed by atoms with Crippen molar-refractivity contribution in [3.63, 3.8) is 0 Å². The molecule has 0 bridgehead atoms. The molecule has 3 rings (SSSR count). The Morgan fingerprint density at radius 1 is 1.06 bits per heavy atom.